The number of nitrogens with zero attached hydrogens (tertiary/aromatic N) is 1. The highest BCUT2D eigenvalue weighted by Crippen LogP contribution is 2.24. The van der Waals surface area contributed by atoms with E-state index in [0.717, 1.165) is 16.6 Å². The zero-order valence-corrected chi connectivity index (χ0v) is 10.5. The van der Waals surface area contributed by atoms with Crippen molar-refractivity contribution < 1.29 is 8.42 Å². The van der Waals surface area contributed by atoms with Crippen molar-refractivity contribution in [3.8, 4) is 0 Å². The van der Waals surface area contributed by atoms with E-state index in [0.29, 0.717) is 18.7 Å². The molecule has 6 N–H and O–H groups in total. The van der Waals surface area contributed by atoms with Crippen molar-refractivity contribution in [1.82, 2.24) is 10.2 Å². The fourth-order valence-electron chi connectivity index (χ4n) is 1.66. The third-order valence-electron chi connectivity index (χ3n) is 2.53. The van der Waals surface area contributed by atoms with Crippen LogP contribution in [-0.4, -0.2) is 30.9 Å². The van der Waals surface area contributed by atoms with Gasteiger partial charge in [0.2, 0.25) is 10.0 Å². The number of hydrogen-bond donors (Lipinski definition) is 4. The predicted molar refractivity (Wildman–Crippen MR) is 71.6 cm³/mol. The van der Waals surface area contributed by atoms with Crippen molar-refractivity contribution >= 4 is 32.3 Å². The van der Waals surface area contributed by atoms with Crippen LogP contribution in [0.1, 0.15) is 6.42 Å². The van der Waals surface area contributed by atoms with Gasteiger partial charge in [0.1, 0.15) is 0 Å². The Balaban J connectivity index is 2.01. The topological polar surface area (TPSA) is 127 Å². The highest BCUT2D eigenvalue weighted by Gasteiger charge is 2.05. The Morgan fingerprint density at radius 1 is 1.39 bits per heavy atom. The Morgan fingerprint density at radius 3 is 2.89 bits per heavy atom. The molecule has 0 radical (unpaired) electrons. The SMILES string of the molecule is Nc1cc2cn[nH]c2cc1NCCCS(N)(=O)=O. The number of nitrogen functional groups attached to an aromatic ring is 1. The van der Waals surface area contributed by atoms with E-state index in [-0.39, 0.29) is 5.75 Å². The summed E-state index contributed by atoms with van der Waals surface area (Å²) in [6.07, 6.45) is 2.12. The third kappa shape index (κ3) is 3.11. The van der Waals surface area contributed by atoms with Crippen LogP contribution in [0.3, 0.4) is 0 Å². The highest BCUT2D eigenvalue weighted by atomic mass is 32.2. The molecule has 0 aliphatic rings. The lowest BCUT2D eigenvalue weighted by Gasteiger charge is -2.09. The first-order valence-electron chi connectivity index (χ1n) is 5.43. The number of H-pyrrole nitrogens is 1. The monoisotopic (exact) mass is 269 g/mol. The fourth-order valence-corrected chi connectivity index (χ4v) is 2.21. The zero-order valence-electron chi connectivity index (χ0n) is 9.68. The molecule has 0 spiro atoms. The van der Waals surface area contributed by atoms with Crippen molar-refractivity contribution in [2.75, 3.05) is 23.3 Å². The lowest BCUT2D eigenvalue weighted by Crippen LogP contribution is -2.18. The Bertz CT molecular complexity index is 649. The van der Waals surface area contributed by atoms with Crippen LogP contribution in [0.15, 0.2) is 18.3 Å². The van der Waals surface area contributed by atoms with E-state index in [1.165, 1.54) is 0 Å². The summed E-state index contributed by atoms with van der Waals surface area (Å²) in [6, 6.07) is 3.65. The minimum Gasteiger partial charge on any atom is -0.397 e. The van der Waals surface area contributed by atoms with E-state index in [2.05, 4.69) is 15.5 Å². The molecule has 0 fully saturated rings. The molecule has 0 saturated heterocycles. The van der Waals surface area contributed by atoms with Gasteiger partial charge in [-0.15, -0.1) is 0 Å². The number of aromatic nitrogens is 2. The zero-order chi connectivity index (χ0) is 13.2. The smallest absolute Gasteiger partial charge is 0.209 e. The minimum absolute atomic E-state index is 0.0494. The van der Waals surface area contributed by atoms with E-state index in [9.17, 15) is 8.42 Å². The number of sulfonamides is 1. The average Bonchev–Trinajstić information content (AvgIpc) is 2.70. The summed E-state index contributed by atoms with van der Waals surface area (Å²) < 4.78 is 21.5. The van der Waals surface area contributed by atoms with E-state index in [1.54, 1.807) is 12.3 Å². The number of rotatable bonds is 5. The highest BCUT2D eigenvalue weighted by molar-refractivity contribution is 7.89. The molecule has 0 unspecified atom stereocenters. The molecule has 1 aromatic carbocycles. The van der Waals surface area contributed by atoms with Crippen LogP contribution in [0.5, 0.6) is 0 Å². The van der Waals surface area contributed by atoms with Crippen molar-refractivity contribution in [1.29, 1.82) is 0 Å². The quantitative estimate of drug-likeness (QED) is 0.456. The summed E-state index contributed by atoms with van der Waals surface area (Å²) in [7, 11) is -3.40. The number of nitrogens with two attached hydrogens (primary N) is 2. The largest absolute Gasteiger partial charge is 0.397 e. The molecule has 2 rings (SSSR count). The number of primary sulfonamides is 1. The van der Waals surface area contributed by atoms with Crippen molar-refractivity contribution in [2.45, 2.75) is 6.42 Å². The second-order valence-electron chi connectivity index (χ2n) is 4.04. The number of hydrogen-bond acceptors (Lipinski definition) is 5. The lowest BCUT2D eigenvalue weighted by atomic mass is 10.2. The first-order chi connectivity index (χ1) is 8.46. The molecule has 0 aliphatic heterocycles. The molecular weight excluding hydrogens is 254 g/mol. The third-order valence-corrected chi connectivity index (χ3v) is 3.39. The van der Waals surface area contributed by atoms with Crippen LogP contribution in [0, 0.1) is 0 Å². The maximum atomic E-state index is 10.8. The van der Waals surface area contributed by atoms with Gasteiger partial charge in [-0.25, -0.2) is 13.6 Å². The van der Waals surface area contributed by atoms with Crippen molar-refractivity contribution in [2.24, 2.45) is 5.14 Å². The molecule has 0 amide bonds. The molecule has 98 valence electrons. The summed E-state index contributed by atoms with van der Waals surface area (Å²) >= 11 is 0. The number of fused-ring (bicyclic) bond motifs is 1. The molecule has 8 heteroatoms. The lowest BCUT2D eigenvalue weighted by molar-refractivity contribution is 0.596. The number of nitrogens with one attached hydrogen (secondary N) is 2. The van der Waals surface area contributed by atoms with Crippen LogP contribution < -0.4 is 16.2 Å². The fraction of sp³-hybridized carbons (Fsp3) is 0.300. The number of benzene rings is 1. The number of aromatic amines is 1. The van der Waals surface area contributed by atoms with Gasteiger partial charge in [-0.3, -0.25) is 5.10 Å². The van der Waals surface area contributed by atoms with Crippen molar-refractivity contribution in [3.63, 3.8) is 0 Å². The first kappa shape index (κ1) is 12.7. The normalized spacial score (nSPS) is 11.8. The molecule has 1 heterocycles. The molecule has 0 bridgehead atoms. The van der Waals surface area contributed by atoms with Crippen LogP contribution in [-0.2, 0) is 10.0 Å². The maximum Gasteiger partial charge on any atom is 0.209 e. The van der Waals surface area contributed by atoms with E-state index in [4.69, 9.17) is 10.9 Å². The summed E-state index contributed by atoms with van der Waals surface area (Å²) in [5.74, 6) is -0.0494. The minimum atomic E-state index is -3.40. The molecule has 0 atom stereocenters. The van der Waals surface area contributed by atoms with Crippen LogP contribution in [0.2, 0.25) is 0 Å². The maximum absolute atomic E-state index is 10.8. The Kier molecular flexibility index (Phi) is 3.39. The van der Waals surface area contributed by atoms with E-state index < -0.39 is 10.0 Å². The number of anilines is 2. The summed E-state index contributed by atoms with van der Waals surface area (Å²) in [5.41, 5.74) is 8.09. The Labute approximate surface area is 105 Å². The Hall–Kier alpha value is -1.80. The van der Waals surface area contributed by atoms with Gasteiger partial charge >= 0.3 is 0 Å². The van der Waals surface area contributed by atoms with E-state index >= 15 is 0 Å². The summed E-state index contributed by atoms with van der Waals surface area (Å²) in [4.78, 5) is 0. The van der Waals surface area contributed by atoms with Gasteiger partial charge < -0.3 is 11.1 Å². The average molecular weight is 269 g/mol. The summed E-state index contributed by atoms with van der Waals surface area (Å²) in [6.45, 7) is 0.486. The first-order valence-corrected chi connectivity index (χ1v) is 7.14. The Morgan fingerprint density at radius 2 is 2.17 bits per heavy atom. The van der Waals surface area contributed by atoms with Gasteiger partial charge in [0.25, 0.3) is 0 Å². The van der Waals surface area contributed by atoms with Gasteiger partial charge in [-0.05, 0) is 18.6 Å². The van der Waals surface area contributed by atoms with Gasteiger partial charge in [-0.1, -0.05) is 0 Å². The van der Waals surface area contributed by atoms with Gasteiger partial charge in [0.15, 0.2) is 0 Å². The standard InChI is InChI=1S/C10H15N5O2S/c11-8-4-7-6-14-15-9(7)5-10(8)13-2-1-3-18(12,16)17/h4-6,13H,1-3,11H2,(H,14,15)(H2,12,16,17). The van der Waals surface area contributed by atoms with Crippen molar-refractivity contribution in [3.05, 3.63) is 18.3 Å². The van der Waals surface area contributed by atoms with Crippen LogP contribution in [0.4, 0.5) is 11.4 Å². The van der Waals surface area contributed by atoms with Crippen LogP contribution >= 0.6 is 0 Å². The molecule has 7 nitrogen and oxygen atoms in total. The molecule has 0 aliphatic carbocycles. The van der Waals surface area contributed by atoms with Crippen LogP contribution in [0.25, 0.3) is 10.9 Å². The molecule has 2 aromatic rings. The summed E-state index contributed by atoms with van der Waals surface area (Å²) in [5, 5.41) is 15.7. The second kappa shape index (κ2) is 4.83. The van der Waals surface area contributed by atoms with Gasteiger partial charge in [-0.2, -0.15) is 5.10 Å². The van der Waals surface area contributed by atoms with E-state index in [1.807, 2.05) is 6.07 Å². The predicted octanol–water partition coefficient (Wildman–Crippen LogP) is 0.236. The second-order valence-corrected chi connectivity index (χ2v) is 5.78. The molecule has 18 heavy (non-hydrogen) atoms. The molecular formula is C10H15N5O2S. The molecule has 1 aromatic heterocycles. The molecule has 0 saturated carbocycles. The van der Waals surface area contributed by atoms with Gasteiger partial charge in [0.05, 0.1) is 28.8 Å². The van der Waals surface area contributed by atoms with Gasteiger partial charge in [0, 0.05) is 11.9 Å².